The maximum Gasteiger partial charge on any atom is 0.162 e. The fourth-order valence-electron chi connectivity index (χ4n) is 1.86. The number of nitrogens with one attached hydrogen (secondary N) is 1. The predicted molar refractivity (Wildman–Crippen MR) is 83.1 cm³/mol. The Labute approximate surface area is 117 Å². The highest BCUT2D eigenvalue weighted by Gasteiger charge is 2.13. The van der Waals surface area contributed by atoms with E-state index in [1.54, 1.807) is 0 Å². The molecule has 1 fully saturated rings. The average molecular weight is 281 g/mol. The summed E-state index contributed by atoms with van der Waals surface area (Å²) in [5.74, 6) is 4.00. The number of anilines is 1. The van der Waals surface area contributed by atoms with Crippen LogP contribution in [0.4, 0.5) is 5.69 Å². The van der Waals surface area contributed by atoms with E-state index >= 15 is 0 Å². The number of Topliss-reactive ketones (excluding diaryl/α,β-unsaturated/α-hetero) is 1. The Bertz CT molecular complexity index is 385. The van der Waals surface area contributed by atoms with Crippen molar-refractivity contribution in [1.29, 1.82) is 0 Å². The van der Waals surface area contributed by atoms with Gasteiger partial charge in [0.25, 0.3) is 0 Å². The van der Waals surface area contributed by atoms with Gasteiger partial charge in [0, 0.05) is 46.7 Å². The second kappa shape index (κ2) is 7.10. The van der Waals surface area contributed by atoms with Crippen LogP contribution in [0.25, 0.3) is 0 Å². The molecule has 98 valence electrons. The lowest BCUT2D eigenvalue weighted by atomic mass is 10.1. The van der Waals surface area contributed by atoms with Crippen LogP contribution in [0, 0.1) is 0 Å². The van der Waals surface area contributed by atoms with Gasteiger partial charge in [0.2, 0.25) is 0 Å². The van der Waals surface area contributed by atoms with Crippen molar-refractivity contribution in [3.8, 4) is 0 Å². The molecule has 1 saturated heterocycles. The van der Waals surface area contributed by atoms with E-state index in [-0.39, 0.29) is 5.78 Å². The Morgan fingerprint density at radius 1 is 1.33 bits per heavy atom. The van der Waals surface area contributed by atoms with Gasteiger partial charge in [-0.3, -0.25) is 4.79 Å². The molecule has 0 saturated carbocycles. The van der Waals surface area contributed by atoms with Crippen molar-refractivity contribution in [2.75, 3.05) is 29.1 Å². The molecule has 2 nitrogen and oxygen atoms in total. The van der Waals surface area contributed by atoms with Gasteiger partial charge >= 0.3 is 0 Å². The Kier molecular flexibility index (Phi) is 5.45. The van der Waals surface area contributed by atoms with Crippen LogP contribution in [-0.4, -0.2) is 34.8 Å². The van der Waals surface area contributed by atoms with Gasteiger partial charge in [0.15, 0.2) is 5.78 Å². The lowest BCUT2D eigenvalue weighted by molar-refractivity contribution is 0.0988. The minimum Gasteiger partial charge on any atom is -0.384 e. The summed E-state index contributed by atoms with van der Waals surface area (Å²) in [5.41, 5.74) is 1.92. The van der Waals surface area contributed by atoms with E-state index < -0.39 is 0 Å². The molecule has 1 unspecified atom stereocenters. The summed E-state index contributed by atoms with van der Waals surface area (Å²) in [7, 11) is 0. The largest absolute Gasteiger partial charge is 0.384 e. The topological polar surface area (TPSA) is 29.1 Å². The monoisotopic (exact) mass is 281 g/mol. The fourth-order valence-corrected chi connectivity index (χ4v) is 4.48. The number of hydrogen-bond acceptors (Lipinski definition) is 4. The van der Waals surface area contributed by atoms with Crippen molar-refractivity contribution in [2.24, 2.45) is 0 Å². The van der Waals surface area contributed by atoms with Gasteiger partial charge in [0.1, 0.15) is 0 Å². The van der Waals surface area contributed by atoms with Gasteiger partial charge in [-0.15, -0.1) is 0 Å². The molecule has 1 heterocycles. The second-order valence-corrected chi connectivity index (χ2v) is 6.86. The molecule has 1 aromatic rings. The van der Waals surface area contributed by atoms with E-state index in [2.05, 4.69) is 17.1 Å². The van der Waals surface area contributed by atoms with Gasteiger partial charge in [0.05, 0.1) is 0 Å². The van der Waals surface area contributed by atoms with Crippen LogP contribution in [0.15, 0.2) is 24.3 Å². The van der Waals surface area contributed by atoms with E-state index in [1.807, 2.05) is 43.0 Å². The SMILES string of the molecule is CCC(=O)c1ccc(NCC2CSCCS2)cc1. The molecule has 1 aliphatic rings. The predicted octanol–water partition coefficient (Wildman–Crippen LogP) is 3.54. The molecule has 1 aliphatic heterocycles. The van der Waals surface area contributed by atoms with E-state index in [0.29, 0.717) is 11.7 Å². The van der Waals surface area contributed by atoms with Crippen LogP contribution >= 0.6 is 23.5 Å². The van der Waals surface area contributed by atoms with Crippen molar-refractivity contribution in [3.63, 3.8) is 0 Å². The van der Waals surface area contributed by atoms with Gasteiger partial charge in [-0.05, 0) is 24.3 Å². The average Bonchev–Trinajstić information content (AvgIpc) is 2.46. The molecular weight excluding hydrogens is 262 g/mol. The molecule has 1 N–H and O–H groups in total. The van der Waals surface area contributed by atoms with E-state index in [9.17, 15) is 4.79 Å². The zero-order valence-electron chi connectivity index (χ0n) is 10.6. The maximum atomic E-state index is 11.5. The summed E-state index contributed by atoms with van der Waals surface area (Å²) in [5, 5.41) is 4.16. The van der Waals surface area contributed by atoms with Gasteiger partial charge in [-0.25, -0.2) is 0 Å². The van der Waals surface area contributed by atoms with Gasteiger partial charge in [-0.2, -0.15) is 23.5 Å². The molecule has 18 heavy (non-hydrogen) atoms. The minimum absolute atomic E-state index is 0.209. The van der Waals surface area contributed by atoms with E-state index in [4.69, 9.17) is 0 Å². The first-order valence-corrected chi connectivity index (χ1v) is 8.56. The quantitative estimate of drug-likeness (QED) is 0.836. The lowest BCUT2D eigenvalue weighted by Crippen LogP contribution is -2.23. The van der Waals surface area contributed by atoms with E-state index in [1.165, 1.54) is 17.3 Å². The highest BCUT2D eigenvalue weighted by molar-refractivity contribution is 8.06. The molecule has 0 radical (unpaired) electrons. The van der Waals surface area contributed by atoms with E-state index in [0.717, 1.165) is 17.8 Å². The summed E-state index contributed by atoms with van der Waals surface area (Å²) in [6, 6.07) is 7.83. The van der Waals surface area contributed by atoms with Gasteiger partial charge in [-0.1, -0.05) is 6.92 Å². The first-order valence-electron chi connectivity index (χ1n) is 6.36. The third kappa shape index (κ3) is 3.95. The number of carbonyl (C=O) groups is 1. The molecule has 1 aromatic carbocycles. The van der Waals surface area contributed by atoms with Crippen LogP contribution < -0.4 is 5.32 Å². The van der Waals surface area contributed by atoms with Crippen LogP contribution in [-0.2, 0) is 0 Å². The highest BCUT2D eigenvalue weighted by Crippen LogP contribution is 2.24. The molecule has 4 heteroatoms. The van der Waals surface area contributed by atoms with Crippen LogP contribution in [0.1, 0.15) is 23.7 Å². The molecule has 0 aliphatic carbocycles. The number of benzene rings is 1. The summed E-state index contributed by atoms with van der Waals surface area (Å²) in [6.45, 7) is 2.91. The van der Waals surface area contributed by atoms with Crippen molar-refractivity contribution >= 4 is 35.0 Å². The van der Waals surface area contributed by atoms with Crippen LogP contribution in [0.5, 0.6) is 0 Å². The Hall–Kier alpha value is -0.610. The first-order chi connectivity index (χ1) is 8.79. The summed E-state index contributed by atoms with van der Waals surface area (Å²) in [6.07, 6.45) is 0.572. The fraction of sp³-hybridized carbons (Fsp3) is 0.500. The van der Waals surface area contributed by atoms with Crippen molar-refractivity contribution < 1.29 is 4.79 Å². The van der Waals surface area contributed by atoms with Gasteiger partial charge < -0.3 is 5.32 Å². The van der Waals surface area contributed by atoms with Crippen molar-refractivity contribution in [3.05, 3.63) is 29.8 Å². The zero-order valence-corrected chi connectivity index (χ0v) is 12.3. The summed E-state index contributed by atoms with van der Waals surface area (Å²) in [4.78, 5) is 11.5. The smallest absolute Gasteiger partial charge is 0.162 e. The van der Waals surface area contributed by atoms with Crippen molar-refractivity contribution in [2.45, 2.75) is 18.6 Å². The number of ketones is 1. The molecule has 2 rings (SSSR count). The molecule has 0 spiro atoms. The Morgan fingerprint density at radius 3 is 2.72 bits per heavy atom. The normalized spacial score (nSPS) is 19.5. The zero-order chi connectivity index (χ0) is 12.8. The van der Waals surface area contributed by atoms with Crippen LogP contribution in [0.2, 0.25) is 0 Å². The number of hydrogen-bond donors (Lipinski definition) is 1. The second-order valence-electron chi connectivity index (χ2n) is 4.30. The minimum atomic E-state index is 0.209. The summed E-state index contributed by atoms with van der Waals surface area (Å²) >= 11 is 4.10. The number of thioether (sulfide) groups is 2. The third-order valence-electron chi connectivity index (χ3n) is 2.95. The maximum absolute atomic E-state index is 11.5. The molecule has 0 amide bonds. The standard InChI is InChI=1S/C14H19NOS2/c1-2-14(16)11-3-5-12(6-4-11)15-9-13-10-17-7-8-18-13/h3-6,13,15H,2,7-10H2,1H3. The first kappa shape index (κ1) is 13.8. The molecular formula is C14H19NOS2. The number of carbonyl (C=O) groups excluding carboxylic acids is 1. The highest BCUT2D eigenvalue weighted by atomic mass is 32.2. The summed E-state index contributed by atoms with van der Waals surface area (Å²) < 4.78 is 0. The molecule has 1 atom stereocenters. The molecule has 0 bridgehead atoms. The Balaban J connectivity index is 1.84. The van der Waals surface area contributed by atoms with Crippen LogP contribution in [0.3, 0.4) is 0 Å². The van der Waals surface area contributed by atoms with Crippen molar-refractivity contribution in [1.82, 2.24) is 0 Å². The Morgan fingerprint density at radius 2 is 2.11 bits per heavy atom. The third-order valence-corrected chi connectivity index (χ3v) is 5.79. The lowest BCUT2D eigenvalue weighted by Gasteiger charge is -2.21. The number of rotatable bonds is 5. The molecule has 0 aromatic heterocycles.